The van der Waals surface area contributed by atoms with Gasteiger partial charge in [-0.3, -0.25) is 0 Å². The molecule has 6 nitrogen and oxygen atoms in total. The first-order chi connectivity index (χ1) is 12.1. The minimum Gasteiger partial charge on any atom is -0.378 e. The Morgan fingerprint density at radius 1 is 0.960 bits per heavy atom. The summed E-state index contributed by atoms with van der Waals surface area (Å²) < 4.78 is 5.42. The number of nitrogens with two attached hydrogens (primary N) is 1. The van der Waals surface area contributed by atoms with Gasteiger partial charge >= 0.3 is 0 Å². The summed E-state index contributed by atoms with van der Waals surface area (Å²) in [6.07, 6.45) is 0. The lowest BCUT2D eigenvalue weighted by atomic mass is 10.1. The topological polar surface area (TPSA) is 77.2 Å². The van der Waals surface area contributed by atoms with Crippen molar-refractivity contribution in [3.05, 3.63) is 40.4 Å². The molecule has 0 radical (unpaired) electrons. The fraction of sp³-hybridized carbons (Fsp3) is 0.235. The second kappa shape index (κ2) is 6.63. The van der Waals surface area contributed by atoms with Crippen LogP contribution in [-0.2, 0) is 4.74 Å². The third-order valence-corrected chi connectivity index (χ3v) is 4.81. The molecule has 0 spiro atoms. The highest BCUT2D eigenvalue weighted by atomic mass is 35.5. The van der Waals surface area contributed by atoms with E-state index in [0.29, 0.717) is 34.3 Å². The van der Waals surface area contributed by atoms with Crippen molar-refractivity contribution >= 4 is 46.0 Å². The van der Waals surface area contributed by atoms with Gasteiger partial charge in [0.25, 0.3) is 0 Å². The number of ether oxygens (including phenoxy) is 1. The zero-order chi connectivity index (χ0) is 17.4. The smallest absolute Gasteiger partial charge is 0.222 e. The Balaban J connectivity index is 1.85. The third kappa shape index (κ3) is 3.20. The fourth-order valence-corrected chi connectivity index (χ4v) is 3.13. The molecule has 2 N–H and O–H groups in total. The molecule has 8 heteroatoms. The van der Waals surface area contributed by atoms with Gasteiger partial charge in [-0.1, -0.05) is 29.3 Å². The molecule has 1 aromatic carbocycles. The molecule has 1 aliphatic rings. The molecule has 0 aliphatic carbocycles. The van der Waals surface area contributed by atoms with Crippen LogP contribution in [0.2, 0.25) is 10.0 Å². The van der Waals surface area contributed by atoms with Crippen LogP contribution >= 0.6 is 23.2 Å². The summed E-state index contributed by atoms with van der Waals surface area (Å²) in [4.78, 5) is 15.6. The maximum atomic E-state index is 6.13. The van der Waals surface area contributed by atoms with Crippen LogP contribution < -0.4 is 10.6 Å². The van der Waals surface area contributed by atoms with Gasteiger partial charge in [-0.2, -0.15) is 4.98 Å². The van der Waals surface area contributed by atoms with E-state index in [0.717, 1.165) is 30.2 Å². The average Bonchev–Trinajstić information content (AvgIpc) is 2.63. The summed E-state index contributed by atoms with van der Waals surface area (Å²) in [5, 5.41) is 0.999. The number of anilines is 2. The first-order valence-electron chi connectivity index (χ1n) is 7.84. The normalized spacial score (nSPS) is 14.9. The number of pyridine rings is 1. The number of aromatic nitrogens is 3. The Morgan fingerprint density at radius 3 is 2.52 bits per heavy atom. The zero-order valence-corrected chi connectivity index (χ0v) is 14.8. The van der Waals surface area contributed by atoms with E-state index in [1.54, 1.807) is 12.1 Å². The second-order valence-corrected chi connectivity index (χ2v) is 6.51. The minimum atomic E-state index is 0.234. The number of halogens is 2. The average molecular weight is 376 g/mol. The van der Waals surface area contributed by atoms with Gasteiger partial charge in [-0.25, -0.2) is 9.97 Å². The molecule has 2 aromatic heterocycles. The second-order valence-electron chi connectivity index (χ2n) is 5.70. The predicted molar refractivity (Wildman–Crippen MR) is 100 cm³/mol. The Morgan fingerprint density at radius 2 is 1.76 bits per heavy atom. The van der Waals surface area contributed by atoms with Crippen molar-refractivity contribution in [2.24, 2.45) is 0 Å². The van der Waals surface area contributed by atoms with Gasteiger partial charge in [0.2, 0.25) is 5.95 Å². The quantitative estimate of drug-likeness (QED) is 0.739. The molecular weight excluding hydrogens is 361 g/mol. The van der Waals surface area contributed by atoms with E-state index >= 15 is 0 Å². The highest BCUT2D eigenvalue weighted by Gasteiger charge is 2.18. The van der Waals surface area contributed by atoms with Gasteiger partial charge in [0.1, 0.15) is 5.52 Å². The molecule has 0 bridgehead atoms. The number of hydrogen-bond acceptors (Lipinski definition) is 6. The van der Waals surface area contributed by atoms with E-state index in [4.69, 9.17) is 38.7 Å². The van der Waals surface area contributed by atoms with E-state index in [9.17, 15) is 0 Å². The van der Waals surface area contributed by atoms with Crippen molar-refractivity contribution < 1.29 is 4.74 Å². The van der Waals surface area contributed by atoms with Crippen LogP contribution in [0.4, 0.5) is 11.8 Å². The van der Waals surface area contributed by atoms with Crippen LogP contribution in [0.25, 0.3) is 22.3 Å². The standard InChI is InChI=1S/C17H15Cl2N5O/c18-11-2-1-10(9-12(11)19)13-3-4-14-15(21-13)16(23-17(20)22-14)24-5-7-25-8-6-24/h1-4,9H,5-8H2,(H2,20,22,23). The summed E-state index contributed by atoms with van der Waals surface area (Å²) >= 11 is 12.1. The number of rotatable bonds is 2. The fourth-order valence-electron chi connectivity index (χ4n) is 2.83. The molecule has 4 rings (SSSR count). The van der Waals surface area contributed by atoms with E-state index in [2.05, 4.69) is 14.9 Å². The molecule has 3 aromatic rings. The van der Waals surface area contributed by atoms with E-state index in [-0.39, 0.29) is 5.95 Å². The van der Waals surface area contributed by atoms with Crippen LogP contribution in [0.5, 0.6) is 0 Å². The van der Waals surface area contributed by atoms with E-state index in [1.807, 2.05) is 18.2 Å². The number of nitrogen functional groups attached to an aromatic ring is 1. The summed E-state index contributed by atoms with van der Waals surface area (Å²) in [5.74, 6) is 0.964. The monoisotopic (exact) mass is 375 g/mol. The third-order valence-electron chi connectivity index (χ3n) is 4.07. The highest BCUT2D eigenvalue weighted by molar-refractivity contribution is 6.42. The first-order valence-corrected chi connectivity index (χ1v) is 8.60. The lowest BCUT2D eigenvalue weighted by Gasteiger charge is -2.28. The van der Waals surface area contributed by atoms with Crippen molar-refractivity contribution in [3.63, 3.8) is 0 Å². The molecule has 0 atom stereocenters. The van der Waals surface area contributed by atoms with Gasteiger partial charge in [0.05, 0.1) is 34.5 Å². The lowest BCUT2D eigenvalue weighted by Crippen LogP contribution is -2.37. The van der Waals surface area contributed by atoms with Crippen LogP contribution in [-0.4, -0.2) is 41.3 Å². The molecule has 25 heavy (non-hydrogen) atoms. The summed E-state index contributed by atoms with van der Waals surface area (Å²) in [6.45, 7) is 2.78. The Bertz CT molecular complexity index is 944. The zero-order valence-electron chi connectivity index (χ0n) is 13.2. The van der Waals surface area contributed by atoms with E-state index < -0.39 is 0 Å². The highest BCUT2D eigenvalue weighted by Crippen LogP contribution is 2.30. The predicted octanol–water partition coefficient (Wildman–Crippen LogP) is 3.42. The van der Waals surface area contributed by atoms with Gasteiger partial charge < -0.3 is 15.4 Å². The number of fused-ring (bicyclic) bond motifs is 1. The summed E-state index contributed by atoms with van der Waals surface area (Å²) in [5.41, 5.74) is 8.94. The Kier molecular flexibility index (Phi) is 4.33. The SMILES string of the molecule is Nc1nc(N2CCOCC2)c2nc(-c3ccc(Cl)c(Cl)c3)ccc2n1. The maximum Gasteiger partial charge on any atom is 0.222 e. The molecule has 0 unspecified atom stereocenters. The molecule has 3 heterocycles. The lowest BCUT2D eigenvalue weighted by molar-refractivity contribution is 0.122. The van der Waals surface area contributed by atoms with Crippen molar-refractivity contribution in [1.82, 2.24) is 15.0 Å². The Hall–Kier alpha value is -2.15. The minimum absolute atomic E-state index is 0.234. The van der Waals surface area contributed by atoms with Crippen molar-refractivity contribution in [1.29, 1.82) is 0 Å². The molecule has 128 valence electrons. The van der Waals surface area contributed by atoms with Crippen LogP contribution in [0, 0.1) is 0 Å². The molecular formula is C17H15Cl2N5O. The summed E-state index contributed by atoms with van der Waals surface area (Å²) in [7, 11) is 0. The van der Waals surface area contributed by atoms with Gasteiger partial charge in [0, 0.05) is 18.7 Å². The molecule has 1 saturated heterocycles. The van der Waals surface area contributed by atoms with Crippen LogP contribution in [0.1, 0.15) is 0 Å². The number of morpholine rings is 1. The van der Waals surface area contributed by atoms with Gasteiger partial charge in [-0.05, 0) is 24.3 Å². The van der Waals surface area contributed by atoms with Crippen molar-refractivity contribution in [2.45, 2.75) is 0 Å². The van der Waals surface area contributed by atoms with Crippen molar-refractivity contribution in [3.8, 4) is 11.3 Å². The van der Waals surface area contributed by atoms with Gasteiger partial charge in [0.15, 0.2) is 5.82 Å². The summed E-state index contributed by atoms with van der Waals surface area (Å²) in [6, 6.07) is 9.21. The number of hydrogen-bond donors (Lipinski definition) is 1. The Labute approximate surface area is 154 Å². The largest absolute Gasteiger partial charge is 0.378 e. The van der Waals surface area contributed by atoms with Crippen molar-refractivity contribution in [2.75, 3.05) is 36.9 Å². The van der Waals surface area contributed by atoms with E-state index in [1.165, 1.54) is 0 Å². The number of benzene rings is 1. The van der Waals surface area contributed by atoms with Crippen LogP contribution in [0.15, 0.2) is 30.3 Å². The molecule has 1 fully saturated rings. The molecule has 0 saturated carbocycles. The maximum absolute atomic E-state index is 6.13. The van der Waals surface area contributed by atoms with Gasteiger partial charge in [-0.15, -0.1) is 0 Å². The van der Waals surface area contributed by atoms with Crippen LogP contribution in [0.3, 0.4) is 0 Å². The molecule has 0 amide bonds. The number of nitrogens with zero attached hydrogens (tertiary/aromatic N) is 4. The molecule has 1 aliphatic heterocycles. The first kappa shape index (κ1) is 16.3.